The van der Waals surface area contributed by atoms with Crippen molar-refractivity contribution in [3.8, 4) is 17.4 Å². The lowest BCUT2D eigenvalue weighted by Crippen LogP contribution is -2.07. The molecule has 0 aliphatic heterocycles. The molecule has 4 rings (SSSR count). The van der Waals surface area contributed by atoms with Gasteiger partial charge in [-0.2, -0.15) is 9.97 Å². The summed E-state index contributed by atoms with van der Waals surface area (Å²) in [6.45, 7) is 3.07. The van der Waals surface area contributed by atoms with Crippen LogP contribution in [0.5, 0.6) is 6.01 Å². The van der Waals surface area contributed by atoms with Gasteiger partial charge in [0, 0.05) is 11.8 Å². The summed E-state index contributed by atoms with van der Waals surface area (Å²) in [6, 6.07) is 11.5. The standard InChI is InChI=1S/C21H21FN6O/c1-2-3-9-29-21-26-18(23)17-20(27-21)28(13-14-7-5-4-6-8-14)19(25-17)15-10-16(22)12-24-11-15/h4-8,10-12H,2-3,9,13H2,1H3,(H2,23,26,27). The summed E-state index contributed by atoms with van der Waals surface area (Å²) in [5.41, 5.74) is 8.71. The van der Waals surface area contributed by atoms with Crippen molar-refractivity contribution in [1.29, 1.82) is 0 Å². The van der Waals surface area contributed by atoms with Crippen LogP contribution in [-0.2, 0) is 6.54 Å². The first-order valence-electron chi connectivity index (χ1n) is 9.47. The number of unbranched alkanes of at least 4 members (excludes halogenated alkanes) is 1. The van der Waals surface area contributed by atoms with E-state index >= 15 is 0 Å². The predicted molar refractivity (Wildman–Crippen MR) is 109 cm³/mol. The summed E-state index contributed by atoms with van der Waals surface area (Å²) in [5.74, 6) is 0.296. The van der Waals surface area contributed by atoms with Crippen LogP contribution in [0.15, 0.2) is 48.8 Å². The maximum Gasteiger partial charge on any atom is 0.320 e. The van der Waals surface area contributed by atoms with Crippen LogP contribution >= 0.6 is 0 Å². The van der Waals surface area contributed by atoms with Gasteiger partial charge in [-0.1, -0.05) is 43.7 Å². The number of pyridine rings is 1. The Bertz CT molecular complexity index is 1130. The van der Waals surface area contributed by atoms with Gasteiger partial charge in [0.15, 0.2) is 17.0 Å². The number of halogens is 1. The van der Waals surface area contributed by atoms with Crippen LogP contribution in [0.1, 0.15) is 25.3 Å². The predicted octanol–water partition coefficient (Wildman–Crippen LogP) is 3.84. The van der Waals surface area contributed by atoms with Gasteiger partial charge < -0.3 is 15.0 Å². The number of rotatable bonds is 7. The molecule has 0 aliphatic carbocycles. The van der Waals surface area contributed by atoms with Crippen molar-refractivity contribution >= 4 is 17.0 Å². The highest BCUT2D eigenvalue weighted by molar-refractivity contribution is 5.85. The largest absolute Gasteiger partial charge is 0.463 e. The SMILES string of the molecule is CCCCOc1nc(N)c2nc(-c3cncc(F)c3)n(Cc3ccccc3)c2n1. The molecule has 0 radical (unpaired) electrons. The molecular weight excluding hydrogens is 371 g/mol. The lowest BCUT2D eigenvalue weighted by molar-refractivity contribution is 0.286. The number of hydrogen-bond acceptors (Lipinski definition) is 6. The molecule has 0 fully saturated rings. The van der Waals surface area contributed by atoms with Gasteiger partial charge in [0.25, 0.3) is 0 Å². The first-order chi connectivity index (χ1) is 14.2. The van der Waals surface area contributed by atoms with Crippen LogP contribution in [0.4, 0.5) is 10.2 Å². The number of aromatic nitrogens is 5. The quantitative estimate of drug-likeness (QED) is 0.481. The number of fused-ring (bicyclic) bond motifs is 1. The van der Waals surface area contributed by atoms with E-state index in [-0.39, 0.29) is 11.8 Å². The van der Waals surface area contributed by atoms with Crippen molar-refractivity contribution in [2.45, 2.75) is 26.3 Å². The minimum Gasteiger partial charge on any atom is -0.463 e. The van der Waals surface area contributed by atoms with E-state index in [2.05, 4.69) is 26.9 Å². The first kappa shape index (κ1) is 18.8. The molecule has 0 amide bonds. The van der Waals surface area contributed by atoms with Crippen molar-refractivity contribution in [2.24, 2.45) is 0 Å². The molecule has 3 aromatic heterocycles. The van der Waals surface area contributed by atoms with Gasteiger partial charge in [0.1, 0.15) is 11.6 Å². The fourth-order valence-electron chi connectivity index (χ4n) is 3.04. The summed E-state index contributed by atoms with van der Waals surface area (Å²) in [5, 5.41) is 0. The second-order valence-corrected chi connectivity index (χ2v) is 6.66. The van der Waals surface area contributed by atoms with E-state index in [1.54, 1.807) is 6.20 Å². The van der Waals surface area contributed by atoms with Crippen LogP contribution in [0.3, 0.4) is 0 Å². The van der Waals surface area contributed by atoms with Crippen LogP contribution in [0.2, 0.25) is 0 Å². The highest BCUT2D eigenvalue weighted by Gasteiger charge is 2.19. The third-order valence-electron chi connectivity index (χ3n) is 4.48. The lowest BCUT2D eigenvalue weighted by atomic mass is 10.2. The van der Waals surface area contributed by atoms with Gasteiger partial charge >= 0.3 is 6.01 Å². The van der Waals surface area contributed by atoms with Crippen molar-refractivity contribution in [3.05, 3.63) is 60.2 Å². The van der Waals surface area contributed by atoms with Gasteiger partial charge in [-0.05, 0) is 18.1 Å². The molecule has 7 nitrogen and oxygen atoms in total. The molecule has 1 aromatic carbocycles. The highest BCUT2D eigenvalue weighted by atomic mass is 19.1. The zero-order chi connectivity index (χ0) is 20.2. The molecule has 148 valence electrons. The molecular formula is C21H21FN6O. The summed E-state index contributed by atoms with van der Waals surface area (Å²) >= 11 is 0. The number of imidazole rings is 1. The molecule has 2 N–H and O–H groups in total. The molecule has 0 saturated carbocycles. The van der Waals surface area contributed by atoms with Gasteiger partial charge in [0.05, 0.1) is 19.3 Å². The van der Waals surface area contributed by atoms with Crippen molar-refractivity contribution in [2.75, 3.05) is 12.3 Å². The molecule has 0 atom stereocenters. The Labute approximate surface area is 167 Å². The maximum absolute atomic E-state index is 13.8. The van der Waals surface area contributed by atoms with E-state index in [1.807, 2.05) is 34.9 Å². The number of nitrogen functional groups attached to an aromatic ring is 1. The van der Waals surface area contributed by atoms with E-state index in [0.29, 0.717) is 35.7 Å². The molecule has 0 bridgehead atoms. The molecule has 29 heavy (non-hydrogen) atoms. The van der Waals surface area contributed by atoms with E-state index < -0.39 is 5.82 Å². The Morgan fingerprint density at radius 2 is 1.93 bits per heavy atom. The van der Waals surface area contributed by atoms with Gasteiger partial charge in [-0.15, -0.1) is 0 Å². The molecule has 0 unspecified atom stereocenters. The Balaban J connectivity index is 1.86. The fourth-order valence-corrected chi connectivity index (χ4v) is 3.04. The van der Waals surface area contributed by atoms with Gasteiger partial charge in [0.2, 0.25) is 0 Å². The summed E-state index contributed by atoms with van der Waals surface area (Å²) in [7, 11) is 0. The topological polar surface area (TPSA) is 91.7 Å². The third kappa shape index (κ3) is 4.01. The Morgan fingerprint density at radius 1 is 1.10 bits per heavy atom. The Kier molecular flexibility index (Phi) is 5.33. The highest BCUT2D eigenvalue weighted by Crippen LogP contribution is 2.28. The van der Waals surface area contributed by atoms with E-state index in [0.717, 1.165) is 24.6 Å². The number of hydrogen-bond donors (Lipinski definition) is 1. The minimum atomic E-state index is -0.441. The smallest absolute Gasteiger partial charge is 0.320 e. The van der Waals surface area contributed by atoms with Crippen molar-refractivity contribution < 1.29 is 9.13 Å². The average molecular weight is 392 g/mol. The fraction of sp³-hybridized carbons (Fsp3) is 0.238. The third-order valence-corrected chi connectivity index (χ3v) is 4.48. The number of ether oxygens (including phenoxy) is 1. The van der Waals surface area contributed by atoms with E-state index in [4.69, 9.17) is 10.5 Å². The van der Waals surface area contributed by atoms with Crippen LogP contribution in [0, 0.1) is 5.82 Å². The summed E-state index contributed by atoms with van der Waals surface area (Å²) in [4.78, 5) is 17.3. The second-order valence-electron chi connectivity index (χ2n) is 6.66. The molecule has 0 aliphatic rings. The van der Waals surface area contributed by atoms with Crippen LogP contribution in [-0.4, -0.2) is 31.1 Å². The van der Waals surface area contributed by atoms with Gasteiger partial charge in [-0.3, -0.25) is 4.98 Å². The molecule has 4 aromatic rings. The Hall–Kier alpha value is -3.55. The average Bonchev–Trinajstić information content (AvgIpc) is 3.08. The molecule has 3 heterocycles. The van der Waals surface area contributed by atoms with Crippen molar-refractivity contribution in [3.63, 3.8) is 0 Å². The normalized spacial score (nSPS) is 11.1. The second kappa shape index (κ2) is 8.22. The number of nitrogens with zero attached hydrogens (tertiary/aromatic N) is 5. The Morgan fingerprint density at radius 3 is 2.69 bits per heavy atom. The minimum absolute atomic E-state index is 0.210. The first-order valence-corrected chi connectivity index (χ1v) is 9.47. The zero-order valence-electron chi connectivity index (χ0n) is 16.0. The van der Waals surface area contributed by atoms with E-state index in [9.17, 15) is 4.39 Å². The van der Waals surface area contributed by atoms with Crippen LogP contribution in [0.25, 0.3) is 22.6 Å². The molecule has 0 saturated heterocycles. The zero-order valence-corrected chi connectivity index (χ0v) is 16.0. The lowest BCUT2D eigenvalue weighted by Gasteiger charge is -2.10. The number of benzene rings is 1. The van der Waals surface area contributed by atoms with Gasteiger partial charge in [-0.25, -0.2) is 9.37 Å². The molecule has 0 spiro atoms. The summed E-state index contributed by atoms with van der Waals surface area (Å²) < 4.78 is 21.4. The maximum atomic E-state index is 13.8. The number of nitrogens with two attached hydrogens (primary N) is 1. The summed E-state index contributed by atoms with van der Waals surface area (Å²) in [6.07, 6.45) is 4.61. The van der Waals surface area contributed by atoms with Crippen LogP contribution < -0.4 is 10.5 Å². The van der Waals surface area contributed by atoms with Crippen molar-refractivity contribution in [1.82, 2.24) is 24.5 Å². The molecule has 8 heteroatoms. The monoisotopic (exact) mass is 392 g/mol. The number of anilines is 1. The van der Waals surface area contributed by atoms with E-state index in [1.165, 1.54) is 6.07 Å².